The van der Waals surface area contributed by atoms with Gasteiger partial charge in [0.05, 0.1) is 5.02 Å². The lowest BCUT2D eigenvalue weighted by Gasteiger charge is -2.09. The van der Waals surface area contributed by atoms with Gasteiger partial charge in [0, 0.05) is 15.6 Å². The number of ether oxygens (including phenoxy) is 1. The summed E-state index contributed by atoms with van der Waals surface area (Å²) in [6, 6.07) is 12.4. The van der Waals surface area contributed by atoms with Crippen LogP contribution in [-0.4, -0.2) is 18.8 Å². The second-order valence-corrected chi connectivity index (χ2v) is 5.86. The molecule has 0 aromatic heterocycles. The lowest BCUT2D eigenvalue weighted by atomic mass is 10.3. The van der Waals surface area contributed by atoms with Gasteiger partial charge in [-0.1, -0.05) is 23.2 Å². The van der Waals surface area contributed by atoms with E-state index in [9.17, 15) is 4.79 Å². The monoisotopic (exact) mass is 341 g/mol. The first kappa shape index (κ1) is 16.0. The van der Waals surface area contributed by atoms with Crippen LogP contribution in [0.2, 0.25) is 10.0 Å². The minimum Gasteiger partial charge on any atom is -0.482 e. The first-order chi connectivity index (χ1) is 10.1. The molecule has 1 N–H and O–H groups in total. The number of amides is 1. The van der Waals surface area contributed by atoms with Crippen LogP contribution in [0.4, 0.5) is 5.69 Å². The molecule has 3 nitrogen and oxygen atoms in total. The molecule has 0 aliphatic rings. The van der Waals surface area contributed by atoms with E-state index in [1.54, 1.807) is 30.0 Å². The minimum atomic E-state index is -0.252. The Morgan fingerprint density at radius 1 is 1.19 bits per heavy atom. The molecule has 0 unspecified atom stereocenters. The Kier molecular flexibility index (Phi) is 5.79. The van der Waals surface area contributed by atoms with Gasteiger partial charge in [-0.3, -0.25) is 4.79 Å². The van der Waals surface area contributed by atoms with E-state index in [-0.39, 0.29) is 12.5 Å². The van der Waals surface area contributed by atoms with Crippen molar-refractivity contribution >= 4 is 46.6 Å². The van der Waals surface area contributed by atoms with E-state index in [0.29, 0.717) is 15.8 Å². The Balaban J connectivity index is 1.89. The summed E-state index contributed by atoms with van der Waals surface area (Å²) in [5, 5.41) is 3.65. The predicted molar refractivity (Wildman–Crippen MR) is 88.8 cm³/mol. The van der Waals surface area contributed by atoms with Crippen LogP contribution in [0.1, 0.15) is 0 Å². The fourth-order valence-corrected chi connectivity index (χ4v) is 2.48. The molecule has 0 radical (unpaired) electrons. The van der Waals surface area contributed by atoms with Crippen molar-refractivity contribution in [3.63, 3.8) is 0 Å². The maximum Gasteiger partial charge on any atom is 0.262 e. The molecule has 0 heterocycles. The molecule has 0 atom stereocenters. The molecule has 0 aliphatic carbocycles. The summed E-state index contributed by atoms with van der Waals surface area (Å²) in [6.07, 6.45) is 2.00. The highest BCUT2D eigenvalue weighted by atomic mass is 35.5. The average Bonchev–Trinajstić information content (AvgIpc) is 2.47. The Morgan fingerprint density at radius 2 is 1.90 bits per heavy atom. The van der Waals surface area contributed by atoms with Crippen LogP contribution >= 0.6 is 35.0 Å². The van der Waals surface area contributed by atoms with Crippen LogP contribution in [0.5, 0.6) is 5.75 Å². The number of rotatable bonds is 5. The van der Waals surface area contributed by atoms with Crippen LogP contribution in [0, 0.1) is 0 Å². The molecule has 6 heteroatoms. The number of benzene rings is 2. The van der Waals surface area contributed by atoms with Gasteiger partial charge < -0.3 is 10.1 Å². The highest BCUT2D eigenvalue weighted by molar-refractivity contribution is 7.98. The lowest BCUT2D eigenvalue weighted by Crippen LogP contribution is -2.20. The SMILES string of the molecule is CSc1ccc(NC(=O)COc2ccc(Cl)cc2Cl)cc1. The Hall–Kier alpha value is -1.36. The molecular weight excluding hydrogens is 329 g/mol. The van der Waals surface area contributed by atoms with Crippen molar-refractivity contribution in [2.24, 2.45) is 0 Å². The lowest BCUT2D eigenvalue weighted by molar-refractivity contribution is -0.118. The molecule has 110 valence electrons. The quantitative estimate of drug-likeness (QED) is 0.798. The van der Waals surface area contributed by atoms with Crippen molar-refractivity contribution in [1.29, 1.82) is 0 Å². The number of anilines is 1. The number of hydrogen-bond acceptors (Lipinski definition) is 3. The zero-order valence-electron chi connectivity index (χ0n) is 11.2. The summed E-state index contributed by atoms with van der Waals surface area (Å²) in [5.74, 6) is 0.173. The maximum atomic E-state index is 11.8. The van der Waals surface area contributed by atoms with Crippen LogP contribution in [-0.2, 0) is 4.79 Å². The number of hydrogen-bond donors (Lipinski definition) is 1. The van der Waals surface area contributed by atoms with E-state index in [0.717, 1.165) is 10.6 Å². The van der Waals surface area contributed by atoms with E-state index < -0.39 is 0 Å². The van der Waals surface area contributed by atoms with E-state index in [1.807, 2.05) is 30.5 Å². The Labute approximate surface area is 137 Å². The fraction of sp³-hybridized carbons (Fsp3) is 0.133. The summed E-state index contributed by atoms with van der Waals surface area (Å²) in [4.78, 5) is 12.9. The zero-order chi connectivity index (χ0) is 15.2. The van der Waals surface area contributed by atoms with Crippen LogP contribution < -0.4 is 10.1 Å². The van der Waals surface area contributed by atoms with Crippen molar-refractivity contribution in [2.45, 2.75) is 4.90 Å². The van der Waals surface area contributed by atoms with Gasteiger partial charge in [-0.05, 0) is 48.7 Å². The van der Waals surface area contributed by atoms with E-state index >= 15 is 0 Å². The van der Waals surface area contributed by atoms with Crippen molar-refractivity contribution < 1.29 is 9.53 Å². The second-order valence-electron chi connectivity index (χ2n) is 4.14. The minimum absolute atomic E-state index is 0.119. The molecule has 0 saturated heterocycles. The molecule has 0 fully saturated rings. The van der Waals surface area contributed by atoms with Crippen LogP contribution in [0.3, 0.4) is 0 Å². The van der Waals surface area contributed by atoms with Crippen molar-refractivity contribution in [3.05, 3.63) is 52.5 Å². The molecule has 0 aliphatic heterocycles. The third-order valence-corrected chi connectivity index (χ3v) is 3.90. The third-order valence-electron chi connectivity index (χ3n) is 2.63. The molecule has 0 spiro atoms. The normalized spacial score (nSPS) is 10.2. The standard InChI is InChI=1S/C15H13Cl2NO2S/c1-21-12-5-3-11(4-6-12)18-15(19)9-20-14-7-2-10(16)8-13(14)17/h2-8H,9H2,1H3,(H,18,19). The highest BCUT2D eigenvalue weighted by Crippen LogP contribution is 2.27. The summed E-state index contributed by atoms with van der Waals surface area (Å²) < 4.78 is 5.36. The van der Waals surface area contributed by atoms with Crippen molar-refractivity contribution in [3.8, 4) is 5.75 Å². The zero-order valence-corrected chi connectivity index (χ0v) is 13.6. The van der Waals surface area contributed by atoms with Crippen molar-refractivity contribution in [2.75, 3.05) is 18.2 Å². The molecule has 2 aromatic carbocycles. The third kappa shape index (κ3) is 4.84. The van der Waals surface area contributed by atoms with Gasteiger partial charge in [0.1, 0.15) is 5.75 Å². The molecule has 2 rings (SSSR count). The number of nitrogens with one attached hydrogen (secondary N) is 1. The molecule has 0 saturated carbocycles. The number of thioether (sulfide) groups is 1. The summed E-state index contributed by atoms with van der Waals surface area (Å²) >= 11 is 13.4. The van der Waals surface area contributed by atoms with Crippen molar-refractivity contribution in [1.82, 2.24) is 0 Å². The first-order valence-electron chi connectivity index (χ1n) is 6.10. The van der Waals surface area contributed by atoms with E-state index in [2.05, 4.69) is 5.32 Å². The number of carbonyl (C=O) groups is 1. The average molecular weight is 342 g/mol. The fourth-order valence-electron chi connectivity index (χ4n) is 1.61. The Morgan fingerprint density at radius 3 is 2.52 bits per heavy atom. The molecule has 21 heavy (non-hydrogen) atoms. The van der Waals surface area contributed by atoms with Gasteiger partial charge in [-0.2, -0.15) is 0 Å². The van der Waals surface area contributed by atoms with Gasteiger partial charge >= 0.3 is 0 Å². The largest absolute Gasteiger partial charge is 0.482 e. The summed E-state index contributed by atoms with van der Waals surface area (Å²) in [7, 11) is 0. The van der Waals surface area contributed by atoms with Gasteiger partial charge in [0.25, 0.3) is 5.91 Å². The maximum absolute atomic E-state index is 11.8. The Bertz CT molecular complexity index is 632. The first-order valence-corrected chi connectivity index (χ1v) is 8.08. The van der Waals surface area contributed by atoms with E-state index in [1.165, 1.54) is 0 Å². The van der Waals surface area contributed by atoms with Crippen LogP contribution in [0.15, 0.2) is 47.4 Å². The topological polar surface area (TPSA) is 38.3 Å². The van der Waals surface area contributed by atoms with Gasteiger partial charge in [-0.25, -0.2) is 0 Å². The predicted octanol–water partition coefficient (Wildman–Crippen LogP) is 4.73. The van der Waals surface area contributed by atoms with Gasteiger partial charge in [0.2, 0.25) is 0 Å². The highest BCUT2D eigenvalue weighted by Gasteiger charge is 2.07. The molecule has 1 amide bonds. The number of halogens is 2. The molecule has 0 bridgehead atoms. The van der Waals surface area contributed by atoms with Gasteiger partial charge in [0.15, 0.2) is 6.61 Å². The number of carbonyl (C=O) groups excluding carboxylic acids is 1. The van der Waals surface area contributed by atoms with E-state index in [4.69, 9.17) is 27.9 Å². The van der Waals surface area contributed by atoms with Crippen LogP contribution in [0.25, 0.3) is 0 Å². The van der Waals surface area contributed by atoms with Gasteiger partial charge in [-0.15, -0.1) is 11.8 Å². The smallest absolute Gasteiger partial charge is 0.262 e. The molecule has 2 aromatic rings. The second kappa shape index (κ2) is 7.59. The summed E-state index contributed by atoms with van der Waals surface area (Å²) in [5.41, 5.74) is 0.726. The summed E-state index contributed by atoms with van der Waals surface area (Å²) in [6.45, 7) is -0.119. The molecular formula is C15H13Cl2NO2S.